The van der Waals surface area contributed by atoms with Gasteiger partial charge in [-0.25, -0.2) is 4.98 Å². The molecule has 0 radical (unpaired) electrons. The van der Waals surface area contributed by atoms with Crippen molar-refractivity contribution in [1.29, 1.82) is 0 Å². The van der Waals surface area contributed by atoms with Crippen molar-refractivity contribution < 1.29 is 9.47 Å². The second-order valence-electron chi connectivity index (χ2n) is 7.91. The van der Waals surface area contributed by atoms with Crippen LogP contribution in [0.25, 0.3) is 22.2 Å². The highest BCUT2D eigenvalue weighted by Crippen LogP contribution is 2.26. The summed E-state index contributed by atoms with van der Waals surface area (Å²) in [7, 11) is 1.66. The van der Waals surface area contributed by atoms with Gasteiger partial charge in [-0.3, -0.25) is 0 Å². The number of methoxy groups -OCH3 is 1. The number of para-hydroxylation sites is 4. The topological polar surface area (TPSA) is 36.3 Å². The van der Waals surface area contributed by atoms with Crippen molar-refractivity contribution in [2.75, 3.05) is 13.7 Å². The Bertz CT molecular complexity index is 1340. The molecule has 0 unspecified atom stereocenters. The summed E-state index contributed by atoms with van der Waals surface area (Å²) in [5.74, 6) is 2.53. The Hall–Kier alpha value is -4.05. The zero-order valence-corrected chi connectivity index (χ0v) is 18.6. The van der Waals surface area contributed by atoms with E-state index in [9.17, 15) is 0 Å². The summed E-state index contributed by atoms with van der Waals surface area (Å²) in [6.07, 6.45) is 0.762. The van der Waals surface area contributed by atoms with Gasteiger partial charge in [-0.05, 0) is 41.0 Å². The quantitative estimate of drug-likeness (QED) is 0.284. The van der Waals surface area contributed by atoms with Gasteiger partial charge in [0.15, 0.2) is 11.5 Å². The predicted molar refractivity (Wildman–Crippen MR) is 133 cm³/mol. The Morgan fingerprint density at radius 3 is 2.15 bits per heavy atom. The number of hydrogen-bond donors (Lipinski definition) is 0. The summed E-state index contributed by atoms with van der Waals surface area (Å²) >= 11 is 0. The molecule has 4 heteroatoms. The van der Waals surface area contributed by atoms with E-state index in [1.165, 1.54) is 16.7 Å². The van der Waals surface area contributed by atoms with Crippen LogP contribution in [0.3, 0.4) is 0 Å². The summed E-state index contributed by atoms with van der Waals surface area (Å²) in [6.45, 7) is 1.23. The highest BCUT2D eigenvalue weighted by Gasteiger charge is 2.12. The number of rotatable bonds is 8. The summed E-state index contributed by atoms with van der Waals surface area (Å²) in [5.41, 5.74) is 5.81. The Kier molecular flexibility index (Phi) is 6.07. The van der Waals surface area contributed by atoms with Gasteiger partial charge in [-0.1, -0.05) is 78.9 Å². The molecule has 0 aliphatic carbocycles. The zero-order valence-electron chi connectivity index (χ0n) is 18.6. The van der Waals surface area contributed by atoms with E-state index < -0.39 is 0 Å². The van der Waals surface area contributed by atoms with Gasteiger partial charge in [0.2, 0.25) is 0 Å². The molecule has 0 spiro atoms. The summed E-state index contributed by atoms with van der Waals surface area (Å²) < 4.78 is 13.7. The Balaban J connectivity index is 1.36. The van der Waals surface area contributed by atoms with Crippen LogP contribution in [0.1, 0.15) is 11.4 Å². The molecule has 164 valence electrons. The van der Waals surface area contributed by atoms with E-state index in [1.807, 2.05) is 36.4 Å². The summed E-state index contributed by atoms with van der Waals surface area (Å²) in [4.78, 5) is 4.93. The van der Waals surface area contributed by atoms with Crippen molar-refractivity contribution in [2.24, 2.45) is 0 Å². The van der Waals surface area contributed by atoms with Crippen molar-refractivity contribution >= 4 is 11.0 Å². The molecular weight excluding hydrogens is 408 g/mol. The first-order valence-electron chi connectivity index (χ1n) is 11.2. The van der Waals surface area contributed by atoms with Gasteiger partial charge >= 0.3 is 0 Å². The normalized spacial score (nSPS) is 10.9. The number of hydrogen-bond acceptors (Lipinski definition) is 3. The Morgan fingerprint density at radius 2 is 1.36 bits per heavy atom. The van der Waals surface area contributed by atoms with Crippen molar-refractivity contribution in [3.05, 3.63) is 115 Å². The van der Waals surface area contributed by atoms with Crippen LogP contribution in [-0.2, 0) is 13.0 Å². The molecule has 0 bridgehead atoms. The highest BCUT2D eigenvalue weighted by molar-refractivity contribution is 5.76. The fourth-order valence-corrected chi connectivity index (χ4v) is 4.12. The lowest BCUT2D eigenvalue weighted by Gasteiger charge is -2.13. The molecule has 0 atom stereocenters. The molecule has 1 aromatic heterocycles. The van der Waals surface area contributed by atoms with Crippen molar-refractivity contribution in [2.45, 2.75) is 13.0 Å². The van der Waals surface area contributed by atoms with E-state index >= 15 is 0 Å². The number of benzene rings is 4. The number of nitrogens with zero attached hydrogens (tertiary/aromatic N) is 2. The van der Waals surface area contributed by atoms with Crippen molar-refractivity contribution in [3.63, 3.8) is 0 Å². The zero-order chi connectivity index (χ0) is 22.5. The number of fused-ring (bicyclic) bond motifs is 1. The molecule has 0 fully saturated rings. The first-order chi connectivity index (χ1) is 16.3. The molecular formula is C29H26N2O2. The number of aromatic nitrogens is 2. The van der Waals surface area contributed by atoms with Crippen LogP contribution < -0.4 is 9.47 Å². The van der Waals surface area contributed by atoms with Crippen LogP contribution in [0, 0.1) is 0 Å². The Labute approximate surface area is 194 Å². The number of ether oxygens (including phenoxy) is 2. The molecule has 33 heavy (non-hydrogen) atoms. The van der Waals surface area contributed by atoms with Crippen LogP contribution in [0.15, 0.2) is 103 Å². The lowest BCUT2D eigenvalue weighted by Crippen LogP contribution is -2.12. The maximum atomic E-state index is 6.05. The second-order valence-corrected chi connectivity index (χ2v) is 7.91. The van der Waals surface area contributed by atoms with Gasteiger partial charge in [0.25, 0.3) is 0 Å². The van der Waals surface area contributed by atoms with Gasteiger partial charge in [-0.2, -0.15) is 0 Å². The molecule has 1 heterocycles. The fraction of sp³-hybridized carbons (Fsp3) is 0.138. The first-order valence-corrected chi connectivity index (χ1v) is 11.2. The van der Waals surface area contributed by atoms with E-state index in [0.29, 0.717) is 13.2 Å². The smallest absolute Gasteiger partial charge is 0.161 e. The Morgan fingerprint density at radius 1 is 0.697 bits per heavy atom. The second kappa shape index (κ2) is 9.61. The van der Waals surface area contributed by atoms with Crippen LogP contribution in [-0.4, -0.2) is 23.3 Å². The molecule has 4 aromatic carbocycles. The molecule has 0 amide bonds. The maximum Gasteiger partial charge on any atom is 0.161 e. The minimum atomic E-state index is 0.528. The van der Waals surface area contributed by atoms with Crippen molar-refractivity contribution in [1.82, 2.24) is 9.55 Å². The van der Waals surface area contributed by atoms with Crippen LogP contribution in [0.4, 0.5) is 0 Å². The molecule has 5 rings (SSSR count). The maximum absolute atomic E-state index is 6.05. The molecule has 0 aliphatic heterocycles. The van der Waals surface area contributed by atoms with Gasteiger partial charge < -0.3 is 14.0 Å². The van der Waals surface area contributed by atoms with Crippen LogP contribution >= 0.6 is 0 Å². The van der Waals surface area contributed by atoms with E-state index in [1.54, 1.807) is 7.11 Å². The highest BCUT2D eigenvalue weighted by atomic mass is 16.5. The molecule has 0 N–H and O–H groups in total. The SMILES string of the molecule is COc1ccccc1OCCn1c(Cc2ccc(-c3ccccc3)cc2)nc2ccccc21. The van der Waals surface area contributed by atoms with E-state index in [4.69, 9.17) is 14.5 Å². The van der Waals surface area contributed by atoms with E-state index in [0.717, 1.165) is 34.8 Å². The number of imidazole rings is 1. The fourth-order valence-electron chi connectivity index (χ4n) is 4.12. The van der Waals surface area contributed by atoms with Crippen molar-refractivity contribution in [3.8, 4) is 22.6 Å². The average Bonchev–Trinajstić information content (AvgIpc) is 3.22. The molecule has 4 nitrogen and oxygen atoms in total. The average molecular weight is 435 g/mol. The lowest BCUT2D eigenvalue weighted by atomic mass is 10.0. The van der Waals surface area contributed by atoms with Gasteiger partial charge in [0, 0.05) is 6.42 Å². The van der Waals surface area contributed by atoms with E-state index in [2.05, 4.69) is 71.3 Å². The van der Waals surface area contributed by atoms with Gasteiger partial charge in [0.05, 0.1) is 24.7 Å². The first kappa shape index (κ1) is 20.8. The largest absolute Gasteiger partial charge is 0.493 e. The van der Waals surface area contributed by atoms with Crippen LogP contribution in [0.5, 0.6) is 11.5 Å². The summed E-state index contributed by atoms with van der Waals surface area (Å²) in [6, 6.07) is 35.2. The third-order valence-electron chi connectivity index (χ3n) is 5.80. The minimum Gasteiger partial charge on any atom is -0.493 e. The summed E-state index contributed by atoms with van der Waals surface area (Å²) in [5, 5.41) is 0. The standard InChI is InChI=1S/C29H26N2O2/c1-32-27-13-7-8-14-28(27)33-20-19-31-26-12-6-5-11-25(26)30-29(31)21-22-15-17-24(18-16-22)23-9-3-2-4-10-23/h2-18H,19-21H2,1H3. The third-order valence-corrected chi connectivity index (χ3v) is 5.80. The van der Waals surface area contributed by atoms with Gasteiger partial charge in [-0.15, -0.1) is 0 Å². The molecule has 0 saturated carbocycles. The van der Waals surface area contributed by atoms with E-state index in [-0.39, 0.29) is 0 Å². The molecule has 5 aromatic rings. The molecule has 0 saturated heterocycles. The lowest BCUT2D eigenvalue weighted by molar-refractivity contribution is 0.280. The molecule has 0 aliphatic rings. The third kappa shape index (κ3) is 4.60. The monoisotopic (exact) mass is 434 g/mol. The van der Waals surface area contributed by atoms with Crippen LogP contribution in [0.2, 0.25) is 0 Å². The predicted octanol–water partition coefficient (Wildman–Crippen LogP) is 6.38. The van der Waals surface area contributed by atoms with Gasteiger partial charge in [0.1, 0.15) is 12.4 Å². The minimum absolute atomic E-state index is 0.528.